The van der Waals surface area contributed by atoms with Gasteiger partial charge in [0.15, 0.2) is 0 Å². The molecule has 0 aliphatic rings. The van der Waals surface area contributed by atoms with Crippen LogP contribution in [0.5, 0.6) is 0 Å². The van der Waals surface area contributed by atoms with Crippen LogP contribution >= 0.6 is 11.6 Å². The summed E-state index contributed by atoms with van der Waals surface area (Å²) in [6.07, 6.45) is 0.847. The Morgan fingerprint density at radius 1 is 1.00 bits per heavy atom. The van der Waals surface area contributed by atoms with Crippen LogP contribution in [0.2, 0.25) is 5.02 Å². The lowest BCUT2D eigenvalue weighted by molar-refractivity contribution is 0.710. The fraction of sp³-hybridized carbons (Fsp3) is 0.294. The third-order valence-corrected chi connectivity index (χ3v) is 3.94. The SMILES string of the molecule is Cc1ccc(Cl)cc1C(N)Cc1c(C)cccc1C. The van der Waals surface area contributed by atoms with Crippen molar-refractivity contribution in [2.75, 3.05) is 0 Å². The summed E-state index contributed by atoms with van der Waals surface area (Å²) in [7, 11) is 0. The lowest BCUT2D eigenvalue weighted by atomic mass is 9.92. The van der Waals surface area contributed by atoms with Crippen molar-refractivity contribution in [1.82, 2.24) is 0 Å². The van der Waals surface area contributed by atoms with Crippen molar-refractivity contribution in [2.45, 2.75) is 33.2 Å². The third-order valence-electron chi connectivity index (χ3n) is 3.71. The van der Waals surface area contributed by atoms with E-state index >= 15 is 0 Å². The van der Waals surface area contributed by atoms with Gasteiger partial charge in [-0.3, -0.25) is 0 Å². The molecule has 0 heterocycles. The van der Waals surface area contributed by atoms with Crippen LogP contribution in [0.4, 0.5) is 0 Å². The zero-order valence-corrected chi connectivity index (χ0v) is 12.5. The molecule has 2 aromatic carbocycles. The topological polar surface area (TPSA) is 26.0 Å². The van der Waals surface area contributed by atoms with Gasteiger partial charge in [-0.1, -0.05) is 35.9 Å². The van der Waals surface area contributed by atoms with Gasteiger partial charge in [0.05, 0.1) is 0 Å². The van der Waals surface area contributed by atoms with E-state index in [1.54, 1.807) is 0 Å². The van der Waals surface area contributed by atoms with E-state index in [4.69, 9.17) is 17.3 Å². The Labute approximate surface area is 120 Å². The molecule has 100 valence electrons. The molecule has 19 heavy (non-hydrogen) atoms. The number of hydrogen-bond donors (Lipinski definition) is 1. The zero-order chi connectivity index (χ0) is 14.0. The normalized spacial score (nSPS) is 12.5. The van der Waals surface area contributed by atoms with Crippen LogP contribution in [-0.4, -0.2) is 0 Å². The first-order valence-corrected chi connectivity index (χ1v) is 6.93. The van der Waals surface area contributed by atoms with Crippen molar-refractivity contribution in [3.63, 3.8) is 0 Å². The van der Waals surface area contributed by atoms with E-state index in [1.807, 2.05) is 18.2 Å². The molecule has 2 aromatic rings. The molecule has 1 nitrogen and oxygen atoms in total. The van der Waals surface area contributed by atoms with Crippen LogP contribution in [0.3, 0.4) is 0 Å². The lowest BCUT2D eigenvalue weighted by Gasteiger charge is -2.18. The number of rotatable bonds is 3. The second-order valence-electron chi connectivity index (χ2n) is 5.18. The van der Waals surface area contributed by atoms with Gasteiger partial charge in [-0.05, 0) is 67.1 Å². The highest BCUT2D eigenvalue weighted by Crippen LogP contribution is 2.25. The molecular formula is C17H20ClN. The van der Waals surface area contributed by atoms with Crippen LogP contribution in [0.1, 0.15) is 33.9 Å². The Kier molecular flexibility index (Phi) is 4.28. The van der Waals surface area contributed by atoms with Crippen molar-refractivity contribution >= 4 is 11.6 Å². The monoisotopic (exact) mass is 273 g/mol. The average Bonchev–Trinajstić information content (AvgIpc) is 2.37. The molecule has 2 heteroatoms. The molecule has 2 rings (SSSR count). The summed E-state index contributed by atoms with van der Waals surface area (Å²) in [6, 6.07) is 12.3. The summed E-state index contributed by atoms with van der Waals surface area (Å²) in [5.41, 5.74) is 12.7. The predicted molar refractivity (Wildman–Crippen MR) is 82.7 cm³/mol. The molecule has 1 unspecified atom stereocenters. The minimum absolute atomic E-state index is 0.0153. The van der Waals surface area contributed by atoms with E-state index in [2.05, 4.69) is 39.0 Å². The van der Waals surface area contributed by atoms with Crippen molar-refractivity contribution in [3.8, 4) is 0 Å². The molecule has 0 saturated carbocycles. The molecule has 0 aliphatic carbocycles. The molecule has 2 N–H and O–H groups in total. The minimum Gasteiger partial charge on any atom is -0.324 e. The average molecular weight is 274 g/mol. The molecule has 1 atom stereocenters. The Hall–Kier alpha value is -1.31. The number of aryl methyl sites for hydroxylation is 3. The van der Waals surface area contributed by atoms with Gasteiger partial charge in [-0.15, -0.1) is 0 Å². The van der Waals surface area contributed by atoms with Crippen LogP contribution in [0, 0.1) is 20.8 Å². The van der Waals surface area contributed by atoms with Gasteiger partial charge >= 0.3 is 0 Å². The maximum absolute atomic E-state index is 6.38. The van der Waals surface area contributed by atoms with Crippen LogP contribution in [-0.2, 0) is 6.42 Å². The molecule has 0 amide bonds. The molecule has 0 saturated heterocycles. The zero-order valence-electron chi connectivity index (χ0n) is 11.7. The molecule has 0 bridgehead atoms. The first-order valence-electron chi connectivity index (χ1n) is 6.55. The highest BCUT2D eigenvalue weighted by molar-refractivity contribution is 6.30. The minimum atomic E-state index is -0.0153. The summed E-state index contributed by atoms with van der Waals surface area (Å²) >= 11 is 6.07. The standard InChI is InChI=1S/C17H20ClN/c1-11-5-4-6-12(2)15(11)10-17(19)16-9-14(18)8-7-13(16)3/h4-9,17H,10,19H2,1-3H3. The first-order chi connectivity index (χ1) is 8.99. The van der Waals surface area contributed by atoms with Crippen molar-refractivity contribution in [1.29, 1.82) is 0 Å². The summed E-state index contributed by atoms with van der Waals surface area (Å²) < 4.78 is 0. The van der Waals surface area contributed by atoms with Gasteiger partial charge in [-0.25, -0.2) is 0 Å². The first kappa shape index (κ1) is 14.1. The summed E-state index contributed by atoms with van der Waals surface area (Å²) in [5.74, 6) is 0. The summed E-state index contributed by atoms with van der Waals surface area (Å²) in [4.78, 5) is 0. The van der Waals surface area contributed by atoms with Gasteiger partial charge in [-0.2, -0.15) is 0 Å². The quantitative estimate of drug-likeness (QED) is 0.875. The van der Waals surface area contributed by atoms with Crippen LogP contribution in [0.25, 0.3) is 0 Å². The van der Waals surface area contributed by atoms with E-state index in [0.717, 1.165) is 17.0 Å². The maximum Gasteiger partial charge on any atom is 0.0409 e. The maximum atomic E-state index is 6.38. The number of hydrogen-bond acceptors (Lipinski definition) is 1. The number of benzene rings is 2. The smallest absolute Gasteiger partial charge is 0.0409 e. The molecule has 0 aromatic heterocycles. The van der Waals surface area contributed by atoms with E-state index in [1.165, 1.54) is 22.3 Å². The fourth-order valence-electron chi connectivity index (χ4n) is 2.51. The number of halogens is 1. The molecule has 0 spiro atoms. The van der Waals surface area contributed by atoms with Gasteiger partial charge in [0.25, 0.3) is 0 Å². The Morgan fingerprint density at radius 2 is 1.63 bits per heavy atom. The van der Waals surface area contributed by atoms with Gasteiger partial charge in [0.2, 0.25) is 0 Å². The summed E-state index contributed by atoms with van der Waals surface area (Å²) in [6.45, 7) is 6.36. The van der Waals surface area contributed by atoms with Gasteiger partial charge in [0, 0.05) is 11.1 Å². The van der Waals surface area contributed by atoms with Gasteiger partial charge in [0.1, 0.15) is 0 Å². The Balaban J connectivity index is 2.31. The van der Waals surface area contributed by atoms with Crippen LogP contribution < -0.4 is 5.73 Å². The van der Waals surface area contributed by atoms with E-state index in [9.17, 15) is 0 Å². The third kappa shape index (κ3) is 3.17. The molecule has 0 fully saturated rings. The van der Waals surface area contributed by atoms with Crippen molar-refractivity contribution in [2.24, 2.45) is 5.73 Å². The second-order valence-corrected chi connectivity index (χ2v) is 5.62. The van der Waals surface area contributed by atoms with Gasteiger partial charge < -0.3 is 5.73 Å². The largest absolute Gasteiger partial charge is 0.324 e. The van der Waals surface area contributed by atoms with E-state index in [0.29, 0.717) is 0 Å². The Bertz CT molecular complexity index is 570. The predicted octanol–water partition coefficient (Wildman–Crippen LogP) is 4.51. The van der Waals surface area contributed by atoms with Crippen LogP contribution in [0.15, 0.2) is 36.4 Å². The van der Waals surface area contributed by atoms with Crippen molar-refractivity contribution in [3.05, 3.63) is 69.2 Å². The van der Waals surface area contributed by atoms with E-state index in [-0.39, 0.29) is 6.04 Å². The summed E-state index contributed by atoms with van der Waals surface area (Å²) in [5, 5.41) is 0.748. The Morgan fingerprint density at radius 3 is 2.26 bits per heavy atom. The molecule has 0 radical (unpaired) electrons. The molecule has 0 aliphatic heterocycles. The second kappa shape index (κ2) is 5.77. The highest BCUT2D eigenvalue weighted by atomic mass is 35.5. The fourth-order valence-corrected chi connectivity index (χ4v) is 2.69. The van der Waals surface area contributed by atoms with Crippen molar-refractivity contribution < 1.29 is 0 Å². The highest BCUT2D eigenvalue weighted by Gasteiger charge is 2.13. The number of nitrogens with two attached hydrogens (primary N) is 1. The molecular weight excluding hydrogens is 254 g/mol. The lowest BCUT2D eigenvalue weighted by Crippen LogP contribution is -2.16. The van der Waals surface area contributed by atoms with E-state index < -0.39 is 0 Å².